The van der Waals surface area contributed by atoms with E-state index in [9.17, 15) is 0 Å². The van der Waals surface area contributed by atoms with E-state index in [4.69, 9.17) is 17.3 Å². The standard InChI is InChI=1S/C12H16ClN/c1-9-3-4-10(11(13)7-9)8-12(14)5-2-6-12/h3-4,7H,2,5-6,8,14H2,1H3. The molecular formula is C12H16ClN. The van der Waals surface area contributed by atoms with Gasteiger partial charge in [-0.05, 0) is 49.8 Å². The van der Waals surface area contributed by atoms with Crippen LogP contribution in [0.5, 0.6) is 0 Å². The summed E-state index contributed by atoms with van der Waals surface area (Å²) in [5.41, 5.74) is 8.61. The summed E-state index contributed by atoms with van der Waals surface area (Å²) in [5, 5.41) is 0.863. The Morgan fingerprint density at radius 3 is 2.64 bits per heavy atom. The summed E-state index contributed by atoms with van der Waals surface area (Å²) in [5.74, 6) is 0. The summed E-state index contributed by atoms with van der Waals surface area (Å²) in [4.78, 5) is 0. The van der Waals surface area contributed by atoms with Gasteiger partial charge in [-0.1, -0.05) is 23.7 Å². The Bertz CT molecular complexity index is 342. The lowest BCUT2D eigenvalue weighted by Gasteiger charge is -2.38. The van der Waals surface area contributed by atoms with E-state index >= 15 is 0 Å². The Labute approximate surface area is 90.3 Å². The number of rotatable bonds is 2. The van der Waals surface area contributed by atoms with Gasteiger partial charge in [0.2, 0.25) is 0 Å². The van der Waals surface area contributed by atoms with Crippen molar-refractivity contribution in [2.75, 3.05) is 0 Å². The molecule has 14 heavy (non-hydrogen) atoms. The van der Waals surface area contributed by atoms with Gasteiger partial charge in [0.15, 0.2) is 0 Å². The normalized spacial score (nSPS) is 19.1. The molecule has 1 nitrogen and oxygen atoms in total. The molecule has 0 aromatic heterocycles. The van der Waals surface area contributed by atoms with Crippen molar-refractivity contribution in [3.8, 4) is 0 Å². The van der Waals surface area contributed by atoms with Crippen LogP contribution in [0.15, 0.2) is 18.2 Å². The SMILES string of the molecule is Cc1ccc(CC2(N)CCC2)c(Cl)c1. The van der Waals surface area contributed by atoms with Crippen LogP contribution in [0.25, 0.3) is 0 Å². The highest BCUT2D eigenvalue weighted by Gasteiger charge is 2.32. The third-order valence-corrected chi connectivity index (χ3v) is 3.45. The predicted molar refractivity (Wildman–Crippen MR) is 60.7 cm³/mol. The molecule has 0 aliphatic heterocycles. The number of halogens is 1. The van der Waals surface area contributed by atoms with Gasteiger partial charge in [0.25, 0.3) is 0 Å². The molecule has 2 rings (SSSR count). The predicted octanol–water partition coefficient (Wildman–Crippen LogP) is 3.07. The number of aryl methyl sites for hydroxylation is 1. The van der Waals surface area contributed by atoms with Crippen molar-refractivity contribution >= 4 is 11.6 Å². The maximum atomic E-state index is 6.18. The lowest BCUT2D eigenvalue weighted by atomic mass is 9.74. The van der Waals surface area contributed by atoms with Crippen LogP contribution in [0.2, 0.25) is 5.02 Å². The molecule has 0 amide bonds. The fraction of sp³-hybridized carbons (Fsp3) is 0.500. The zero-order chi connectivity index (χ0) is 10.2. The minimum absolute atomic E-state index is 0.0267. The van der Waals surface area contributed by atoms with Gasteiger partial charge in [-0.25, -0.2) is 0 Å². The molecule has 1 saturated carbocycles. The Kier molecular flexibility index (Phi) is 2.54. The number of nitrogens with two attached hydrogens (primary N) is 1. The van der Waals surface area contributed by atoms with Crippen molar-refractivity contribution in [1.82, 2.24) is 0 Å². The molecule has 2 heteroatoms. The van der Waals surface area contributed by atoms with Gasteiger partial charge in [0.05, 0.1) is 0 Å². The minimum Gasteiger partial charge on any atom is -0.325 e. The van der Waals surface area contributed by atoms with Gasteiger partial charge in [0.1, 0.15) is 0 Å². The zero-order valence-electron chi connectivity index (χ0n) is 8.52. The second-order valence-corrected chi connectivity index (χ2v) is 4.89. The van der Waals surface area contributed by atoms with Gasteiger partial charge in [-0.15, -0.1) is 0 Å². The van der Waals surface area contributed by atoms with Crippen molar-refractivity contribution in [1.29, 1.82) is 0 Å². The molecule has 2 N–H and O–H groups in total. The molecule has 0 spiro atoms. The first-order valence-electron chi connectivity index (χ1n) is 5.13. The second kappa shape index (κ2) is 3.56. The maximum absolute atomic E-state index is 6.18. The fourth-order valence-electron chi connectivity index (χ4n) is 1.98. The van der Waals surface area contributed by atoms with E-state index in [-0.39, 0.29) is 5.54 Å². The summed E-state index contributed by atoms with van der Waals surface area (Å²) in [7, 11) is 0. The summed E-state index contributed by atoms with van der Waals surface area (Å²) in [6, 6.07) is 6.22. The second-order valence-electron chi connectivity index (χ2n) is 4.49. The average Bonchev–Trinajstić information content (AvgIpc) is 2.07. The van der Waals surface area contributed by atoms with Gasteiger partial charge in [-0.3, -0.25) is 0 Å². The van der Waals surface area contributed by atoms with Crippen LogP contribution in [-0.4, -0.2) is 5.54 Å². The topological polar surface area (TPSA) is 26.0 Å². The Balaban J connectivity index is 2.16. The highest BCUT2D eigenvalue weighted by Crippen LogP contribution is 2.34. The fourth-order valence-corrected chi connectivity index (χ4v) is 2.28. The molecule has 0 heterocycles. The van der Waals surface area contributed by atoms with Crippen molar-refractivity contribution < 1.29 is 0 Å². The van der Waals surface area contributed by atoms with E-state index in [0.717, 1.165) is 24.3 Å². The van der Waals surface area contributed by atoms with Crippen LogP contribution in [-0.2, 0) is 6.42 Å². The molecule has 0 unspecified atom stereocenters. The molecule has 1 aliphatic rings. The Morgan fingerprint density at radius 2 is 2.14 bits per heavy atom. The highest BCUT2D eigenvalue weighted by molar-refractivity contribution is 6.31. The molecular weight excluding hydrogens is 194 g/mol. The van der Waals surface area contributed by atoms with E-state index in [2.05, 4.69) is 19.1 Å². The first kappa shape index (κ1) is 10.0. The molecule has 76 valence electrons. The lowest BCUT2D eigenvalue weighted by Crippen LogP contribution is -2.48. The molecule has 1 fully saturated rings. The summed E-state index contributed by atoms with van der Waals surface area (Å²) < 4.78 is 0. The monoisotopic (exact) mass is 209 g/mol. The number of hydrogen-bond acceptors (Lipinski definition) is 1. The number of benzene rings is 1. The van der Waals surface area contributed by atoms with Crippen LogP contribution in [0.3, 0.4) is 0 Å². The largest absolute Gasteiger partial charge is 0.325 e. The van der Waals surface area contributed by atoms with Gasteiger partial charge < -0.3 is 5.73 Å². The third-order valence-electron chi connectivity index (χ3n) is 3.10. The van der Waals surface area contributed by atoms with E-state index in [1.54, 1.807) is 0 Å². The first-order chi connectivity index (χ1) is 6.59. The van der Waals surface area contributed by atoms with Crippen LogP contribution in [0.1, 0.15) is 30.4 Å². The van der Waals surface area contributed by atoms with Gasteiger partial charge >= 0.3 is 0 Å². The maximum Gasteiger partial charge on any atom is 0.0441 e. The molecule has 1 aromatic carbocycles. The molecule has 1 aliphatic carbocycles. The Morgan fingerprint density at radius 1 is 1.43 bits per heavy atom. The van der Waals surface area contributed by atoms with E-state index in [0.29, 0.717) is 0 Å². The van der Waals surface area contributed by atoms with Gasteiger partial charge in [-0.2, -0.15) is 0 Å². The van der Waals surface area contributed by atoms with Crippen LogP contribution >= 0.6 is 11.6 Å². The van der Waals surface area contributed by atoms with Crippen LogP contribution < -0.4 is 5.73 Å². The van der Waals surface area contributed by atoms with E-state index < -0.39 is 0 Å². The average molecular weight is 210 g/mol. The van der Waals surface area contributed by atoms with Crippen LogP contribution in [0, 0.1) is 6.92 Å². The van der Waals surface area contributed by atoms with Crippen molar-refractivity contribution in [3.05, 3.63) is 34.3 Å². The first-order valence-corrected chi connectivity index (χ1v) is 5.51. The molecule has 0 bridgehead atoms. The van der Waals surface area contributed by atoms with Crippen LogP contribution in [0.4, 0.5) is 0 Å². The highest BCUT2D eigenvalue weighted by atomic mass is 35.5. The molecule has 0 radical (unpaired) electrons. The zero-order valence-corrected chi connectivity index (χ0v) is 9.27. The van der Waals surface area contributed by atoms with Gasteiger partial charge in [0, 0.05) is 10.6 Å². The van der Waals surface area contributed by atoms with Crippen molar-refractivity contribution in [2.45, 2.75) is 38.1 Å². The lowest BCUT2D eigenvalue weighted by molar-refractivity contribution is 0.247. The van der Waals surface area contributed by atoms with E-state index in [1.165, 1.54) is 17.5 Å². The third kappa shape index (κ3) is 1.94. The quantitative estimate of drug-likeness (QED) is 0.796. The number of hydrogen-bond donors (Lipinski definition) is 1. The van der Waals surface area contributed by atoms with E-state index in [1.807, 2.05) is 6.07 Å². The Hall–Kier alpha value is -0.530. The van der Waals surface area contributed by atoms with Crippen molar-refractivity contribution in [2.24, 2.45) is 5.73 Å². The molecule has 0 atom stereocenters. The summed E-state index contributed by atoms with van der Waals surface area (Å²) in [6.45, 7) is 2.05. The molecule has 1 aromatic rings. The summed E-state index contributed by atoms with van der Waals surface area (Å²) in [6.07, 6.45) is 4.46. The molecule has 0 saturated heterocycles. The smallest absolute Gasteiger partial charge is 0.0441 e. The summed E-state index contributed by atoms with van der Waals surface area (Å²) >= 11 is 6.16. The van der Waals surface area contributed by atoms with Crippen molar-refractivity contribution in [3.63, 3.8) is 0 Å². The minimum atomic E-state index is 0.0267.